The average Bonchev–Trinajstić information content (AvgIpc) is 3.23. The summed E-state index contributed by atoms with van der Waals surface area (Å²) >= 11 is 1.86. The Morgan fingerprint density at radius 3 is 1.52 bits per heavy atom. The fourth-order valence-electron chi connectivity index (χ4n) is 7.94. The van der Waals surface area contributed by atoms with Gasteiger partial charge in [-0.05, 0) is 69.8 Å². The summed E-state index contributed by atoms with van der Waals surface area (Å²) in [4.78, 5) is 13.0. The van der Waals surface area contributed by atoms with Crippen LogP contribution in [0.3, 0.4) is 0 Å². The number of nitrogens with zero attached hydrogens (tertiary/aromatic N) is 2. The zero-order chi connectivity index (χ0) is 34.5. The van der Waals surface area contributed by atoms with Gasteiger partial charge in [0.1, 0.15) is 0 Å². The first-order valence-electron chi connectivity index (χ1n) is 17.7. The lowest BCUT2D eigenvalue weighted by atomic mass is 9.64. The molecule has 0 bridgehead atoms. The lowest BCUT2D eigenvalue weighted by molar-refractivity contribution is 0.703. The zero-order valence-electron chi connectivity index (χ0n) is 28.3. The molecule has 2 nitrogen and oxygen atoms in total. The largest absolute Gasteiger partial charge is 0.245 e. The molecule has 244 valence electrons. The Bertz CT molecular complexity index is 2720. The first-order valence-corrected chi connectivity index (χ1v) is 18.5. The second-order valence-corrected chi connectivity index (χ2v) is 14.4. The summed E-state index contributed by atoms with van der Waals surface area (Å²) in [6.45, 7) is 0. The van der Waals surface area contributed by atoms with Gasteiger partial charge in [0, 0.05) is 31.7 Å². The van der Waals surface area contributed by atoms with E-state index in [9.17, 15) is 0 Å². The molecule has 3 heteroatoms. The van der Waals surface area contributed by atoms with Crippen LogP contribution in [0.2, 0.25) is 0 Å². The van der Waals surface area contributed by atoms with Crippen LogP contribution in [0.15, 0.2) is 204 Å². The number of aromatic nitrogens is 2. The standard InChI is InChI=1S/C49H32N2S/c1-4-13-33(14-5-1)43-28-25-34-23-24-35-26-29-44(51-48(35)47(34)50-43)38-16-12-15-36(31-38)37-27-30-46-42(32-37)49(39-17-6-2-7-18-39,40-19-8-3-9-20-40)41-21-10-11-22-45(41)52-46/h1-32H. The van der Waals surface area contributed by atoms with Crippen LogP contribution < -0.4 is 0 Å². The SMILES string of the molecule is c1ccc(-c2ccc3ccc4ccc(-c5cccc(-c6ccc7c(c6)C(c6ccccc6)(c6ccccc6)c6ccccc6S7)c5)nc4c3n2)cc1. The van der Waals surface area contributed by atoms with E-state index in [1.165, 1.54) is 37.6 Å². The molecule has 0 saturated heterocycles. The molecule has 0 aliphatic carbocycles. The summed E-state index contributed by atoms with van der Waals surface area (Å²) < 4.78 is 0. The van der Waals surface area contributed by atoms with Crippen LogP contribution >= 0.6 is 11.8 Å². The Labute approximate surface area is 307 Å². The van der Waals surface area contributed by atoms with Crippen LogP contribution in [-0.2, 0) is 5.41 Å². The Hall–Kier alpha value is -6.29. The summed E-state index contributed by atoms with van der Waals surface area (Å²) in [6, 6.07) is 69.9. The molecule has 1 aliphatic rings. The monoisotopic (exact) mass is 680 g/mol. The second-order valence-electron chi connectivity index (χ2n) is 13.3. The summed E-state index contributed by atoms with van der Waals surface area (Å²) in [5.74, 6) is 0. The molecule has 0 spiro atoms. The van der Waals surface area contributed by atoms with Crippen molar-refractivity contribution in [2.24, 2.45) is 0 Å². The molecule has 1 aliphatic heterocycles. The molecule has 52 heavy (non-hydrogen) atoms. The highest BCUT2D eigenvalue weighted by molar-refractivity contribution is 7.99. The Morgan fingerprint density at radius 2 is 0.846 bits per heavy atom. The van der Waals surface area contributed by atoms with Crippen molar-refractivity contribution in [1.82, 2.24) is 9.97 Å². The lowest BCUT2D eigenvalue weighted by Gasteiger charge is -2.42. The van der Waals surface area contributed by atoms with Gasteiger partial charge in [-0.2, -0.15) is 0 Å². The maximum atomic E-state index is 5.28. The number of benzene rings is 7. The van der Waals surface area contributed by atoms with Gasteiger partial charge in [-0.3, -0.25) is 0 Å². The molecule has 2 aromatic heterocycles. The van der Waals surface area contributed by atoms with E-state index in [2.05, 4.69) is 188 Å². The van der Waals surface area contributed by atoms with Crippen LogP contribution in [0.4, 0.5) is 0 Å². The van der Waals surface area contributed by atoms with Gasteiger partial charge in [0.15, 0.2) is 0 Å². The van der Waals surface area contributed by atoms with Crippen molar-refractivity contribution in [2.45, 2.75) is 15.2 Å². The minimum atomic E-state index is -0.472. The van der Waals surface area contributed by atoms with Crippen molar-refractivity contribution in [3.63, 3.8) is 0 Å². The molecule has 0 N–H and O–H groups in total. The van der Waals surface area contributed by atoms with Crippen LogP contribution in [-0.4, -0.2) is 9.97 Å². The minimum Gasteiger partial charge on any atom is -0.245 e. The van der Waals surface area contributed by atoms with Crippen molar-refractivity contribution in [3.05, 3.63) is 216 Å². The molecular weight excluding hydrogens is 649 g/mol. The number of rotatable bonds is 5. The van der Waals surface area contributed by atoms with E-state index in [4.69, 9.17) is 9.97 Å². The van der Waals surface area contributed by atoms with Gasteiger partial charge in [-0.25, -0.2) is 9.97 Å². The Balaban J connectivity index is 1.12. The third-order valence-corrected chi connectivity index (χ3v) is 11.5. The van der Waals surface area contributed by atoms with E-state index in [1.54, 1.807) is 0 Å². The highest BCUT2D eigenvalue weighted by Crippen LogP contribution is 2.56. The van der Waals surface area contributed by atoms with Crippen molar-refractivity contribution in [3.8, 4) is 33.6 Å². The van der Waals surface area contributed by atoms with Crippen LogP contribution in [0, 0.1) is 0 Å². The fraction of sp³-hybridized carbons (Fsp3) is 0.0204. The molecule has 10 rings (SSSR count). The first kappa shape index (κ1) is 30.5. The fourth-order valence-corrected chi connectivity index (χ4v) is 9.11. The van der Waals surface area contributed by atoms with Gasteiger partial charge in [-0.1, -0.05) is 169 Å². The third kappa shape index (κ3) is 4.97. The summed E-state index contributed by atoms with van der Waals surface area (Å²) in [5.41, 5.74) is 12.9. The van der Waals surface area contributed by atoms with Crippen LogP contribution in [0.5, 0.6) is 0 Å². The molecule has 0 fully saturated rings. The van der Waals surface area contributed by atoms with Gasteiger partial charge in [0.2, 0.25) is 0 Å². The van der Waals surface area contributed by atoms with E-state index >= 15 is 0 Å². The average molecular weight is 681 g/mol. The molecule has 3 heterocycles. The van der Waals surface area contributed by atoms with Gasteiger partial charge >= 0.3 is 0 Å². The molecular formula is C49H32N2S. The summed E-state index contributed by atoms with van der Waals surface area (Å²) in [7, 11) is 0. The predicted molar refractivity (Wildman–Crippen MR) is 216 cm³/mol. The maximum Gasteiger partial charge on any atom is 0.0972 e. The molecule has 7 aromatic carbocycles. The molecule has 0 atom stereocenters. The van der Waals surface area contributed by atoms with Gasteiger partial charge in [0.05, 0.1) is 27.8 Å². The van der Waals surface area contributed by atoms with Gasteiger partial charge in [-0.15, -0.1) is 0 Å². The number of hydrogen-bond donors (Lipinski definition) is 0. The second kappa shape index (κ2) is 12.5. The quantitative estimate of drug-likeness (QED) is 0.169. The van der Waals surface area contributed by atoms with E-state index in [0.29, 0.717) is 0 Å². The topological polar surface area (TPSA) is 25.8 Å². The molecule has 0 amide bonds. The highest BCUT2D eigenvalue weighted by Gasteiger charge is 2.44. The van der Waals surface area contributed by atoms with E-state index in [0.717, 1.165) is 49.9 Å². The molecule has 0 unspecified atom stereocenters. The van der Waals surface area contributed by atoms with E-state index < -0.39 is 5.41 Å². The van der Waals surface area contributed by atoms with Crippen LogP contribution in [0.1, 0.15) is 22.3 Å². The van der Waals surface area contributed by atoms with Gasteiger partial charge < -0.3 is 0 Å². The number of hydrogen-bond acceptors (Lipinski definition) is 3. The normalized spacial score (nSPS) is 13.1. The van der Waals surface area contributed by atoms with Crippen molar-refractivity contribution in [2.75, 3.05) is 0 Å². The predicted octanol–water partition coefficient (Wildman–Crippen LogP) is 12.6. The third-order valence-electron chi connectivity index (χ3n) is 10.4. The summed E-state index contributed by atoms with van der Waals surface area (Å²) in [6.07, 6.45) is 0. The smallest absolute Gasteiger partial charge is 0.0972 e. The highest BCUT2D eigenvalue weighted by atomic mass is 32.2. The summed E-state index contributed by atoms with van der Waals surface area (Å²) in [5, 5.41) is 2.16. The first-order chi connectivity index (χ1) is 25.8. The van der Waals surface area contributed by atoms with Crippen molar-refractivity contribution in [1.29, 1.82) is 0 Å². The van der Waals surface area contributed by atoms with Crippen LogP contribution in [0.25, 0.3) is 55.4 Å². The number of fused-ring (bicyclic) bond motifs is 5. The minimum absolute atomic E-state index is 0.472. The van der Waals surface area contributed by atoms with E-state index in [1.807, 2.05) is 17.8 Å². The van der Waals surface area contributed by atoms with E-state index in [-0.39, 0.29) is 0 Å². The maximum absolute atomic E-state index is 5.28. The number of pyridine rings is 2. The molecule has 9 aromatic rings. The molecule has 0 saturated carbocycles. The molecule has 0 radical (unpaired) electrons. The lowest BCUT2D eigenvalue weighted by Crippen LogP contribution is -2.34. The van der Waals surface area contributed by atoms with Crippen molar-refractivity contribution >= 4 is 33.6 Å². The van der Waals surface area contributed by atoms with Gasteiger partial charge in [0.25, 0.3) is 0 Å². The Kier molecular flexibility index (Phi) is 7.33. The Morgan fingerprint density at radius 1 is 0.346 bits per heavy atom. The zero-order valence-corrected chi connectivity index (χ0v) is 29.1. The van der Waals surface area contributed by atoms with Crippen molar-refractivity contribution < 1.29 is 0 Å².